The van der Waals surface area contributed by atoms with Crippen molar-refractivity contribution in [3.8, 4) is 17.2 Å². The molecule has 0 saturated carbocycles. The normalized spacial score (nSPS) is 10.7. The van der Waals surface area contributed by atoms with Crippen molar-refractivity contribution < 1.29 is 13.9 Å². The topological polar surface area (TPSA) is 76.4 Å². The maximum absolute atomic E-state index is 12.5. The molecule has 0 spiro atoms. The van der Waals surface area contributed by atoms with E-state index in [0.717, 1.165) is 5.52 Å². The number of benzene rings is 3. The van der Waals surface area contributed by atoms with E-state index in [1.54, 1.807) is 30.3 Å². The van der Waals surface area contributed by atoms with Crippen molar-refractivity contribution in [1.29, 1.82) is 0 Å². The van der Waals surface area contributed by atoms with E-state index in [0.29, 0.717) is 44.1 Å². The van der Waals surface area contributed by atoms with Gasteiger partial charge in [0.2, 0.25) is 5.89 Å². The number of carbonyl (C=O) groups excluding carboxylic acids is 1. The molecule has 0 saturated heterocycles. The highest BCUT2D eigenvalue weighted by Crippen LogP contribution is 2.30. The fourth-order valence-corrected chi connectivity index (χ4v) is 3.51. The summed E-state index contributed by atoms with van der Waals surface area (Å²) in [6.07, 6.45) is 0. The molecular weight excluding hydrogens is 457 g/mol. The van der Waals surface area contributed by atoms with Gasteiger partial charge in [-0.25, -0.2) is 4.98 Å². The van der Waals surface area contributed by atoms with Gasteiger partial charge in [0, 0.05) is 11.1 Å². The molecule has 0 unspecified atom stereocenters. The monoisotopic (exact) mass is 471 g/mol. The van der Waals surface area contributed by atoms with E-state index in [-0.39, 0.29) is 5.11 Å². The van der Waals surface area contributed by atoms with Crippen LogP contribution in [0.25, 0.3) is 22.6 Å². The summed E-state index contributed by atoms with van der Waals surface area (Å²) in [5.74, 6) is 0.499. The van der Waals surface area contributed by atoms with Gasteiger partial charge in [-0.1, -0.05) is 35.3 Å². The van der Waals surface area contributed by atoms with Crippen molar-refractivity contribution in [2.24, 2.45) is 0 Å². The molecule has 0 aliphatic heterocycles. The highest BCUT2D eigenvalue weighted by Gasteiger charge is 2.14. The van der Waals surface area contributed by atoms with Crippen LogP contribution in [0.2, 0.25) is 10.0 Å². The zero-order valence-corrected chi connectivity index (χ0v) is 18.4. The smallest absolute Gasteiger partial charge is 0.257 e. The van der Waals surface area contributed by atoms with E-state index in [1.165, 1.54) is 13.2 Å². The summed E-state index contributed by atoms with van der Waals surface area (Å²) in [4.78, 5) is 17.0. The van der Waals surface area contributed by atoms with Crippen molar-refractivity contribution >= 4 is 63.2 Å². The van der Waals surface area contributed by atoms with Crippen LogP contribution in [-0.4, -0.2) is 23.1 Å². The minimum absolute atomic E-state index is 0.0774. The minimum atomic E-state index is -0.423. The second kappa shape index (κ2) is 8.93. The molecule has 0 bridgehead atoms. The minimum Gasteiger partial charge on any atom is -0.495 e. The molecule has 1 heterocycles. The zero-order chi connectivity index (χ0) is 22.0. The molecule has 1 amide bonds. The number of methoxy groups -OCH3 is 1. The van der Waals surface area contributed by atoms with Gasteiger partial charge in [-0.3, -0.25) is 10.1 Å². The maximum Gasteiger partial charge on any atom is 0.257 e. The Morgan fingerprint density at radius 1 is 1.06 bits per heavy atom. The van der Waals surface area contributed by atoms with Gasteiger partial charge in [0.1, 0.15) is 11.3 Å². The Hall–Kier alpha value is -3.13. The molecule has 156 valence electrons. The van der Waals surface area contributed by atoms with Crippen molar-refractivity contribution in [3.05, 3.63) is 76.3 Å². The molecular formula is C22H15Cl2N3O3S. The highest BCUT2D eigenvalue weighted by atomic mass is 35.5. The maximum atomic E-state index is 12.5. The van der Waals surface area contributed by atoms with Crippen LogP contribution >= 0.6 is 35.4 Å². The number of amides is 1. The molecule has 2 N–H and O–H groups in total. The summed E-state index contributed by atoms with van der Waals surface area (Å²) < 4.78 is 10.9. The van der Waals surface area contributed by atoms with Crippen LogP contribution in [-0.2, 0) is 0 Å². The van der Waals surface area contributed by atoms with Gasteiger partial charge < -0.3 is 14.5 Å². The van der Waals surface area contributed by atoms with Crippen LogP contribution in [0, 0.1) is 0 Å². The van der Waals surface area contributed by atoms with Crippen molar-refractivity contribution in [2.75, 3.05) is 12.4 Å². The van der Waals surface area contributed by atoms with Crippen LogP contribution in [0.4, 0.5) is 5.69 Å². The van der Waals surface area contributed by atoms with Crippen LogP contribution < -0.4 is 15.4 Å². The molecule has 9 heteroatoms. The average molecular weight is 472 g/mol. The first-order valence-electron chi connectivity index (χ1n) is 9.06. The van der Waals surface area contributed by atoms with E-state index in [4.69, 9.17) is 44.6 Å². The number of anilines is 1. The Bertz CT molecular complexity index is 1270. The molecule has 0 fully saturated rings. The average Bonchev–Trinajstić information content (AvgIpc) is 3.19. The van der Waals surface area contributed by atoms with E-state index in [9.17, 15) is 4.79 Å². The molecule has 0 aliphatic carbocycles. The summed E-state index contributed by atoms with van der Waals surface area (Å²) in [6.45, 7) is 0. The number of oxazole rings is 1. The Labute approximate surface area is 193 Å². The molecule has 0 atom stereocenters. The zero-order valence-electron chi connectivity index (χ0n) is 16.1. The predicted molar refractivity (Wildman–Crippen MR) is 126 cm³/mol. The summed E-state index contributed by atoms with van der Waals surface area (Å²) in [5, 5.41) is 6.35. The molecule has 4 aromatic rings. The number of halogens is 2. The first kappa shape index (κ1) is 21.1. The summed E-state index contributed by atoms with van der Waals surface area (Å²) in [6, 6.07) is 17.4. The molecule has 0 radical (unpaired) electrons. The summed E-state index contributed by atoms with van der Waals surface area (Å²) in [5.41, 5.74) is 2.98. The van der Waals surface area contributed by atoms with Crippen LogP contribution in [0.3, 0.4) is 0 Å². The number of nitrogens with one attached hydrogen (secondary N) is 2. The summed E-state index contributed by atoms with van der Waals surface area (Å²) >= 11 is 17.6. The molecule has 1 aromatic heterocycles. The highest BCUT2D eigenvalue weighted by molar-refractivity contribution is 7.80. The van der Waals surface area contributed by atoms with Crippen molar-refractivity contribution in [2.45, 2.75) is 0 Å². The standard InChI is InChI=1S/C22H15Cl2N3O3S/c1-29-18-9-7-12(10-15(18)24)20(28)27-22(31)26-17-11-13(6-8-14(17)23)21-25-16-4-2-3-5-19(16)30-21/h2-11H,1H3,(H2,26,27,28,31). The third-order valence-corrected chi connectivity index (χ3v) is 5.23. The molecule has 31 heavy (non-hydrogen) atoms. The number of carbonyl (C=O) groups is 1. The quantitative estimate of drug-likeness (QED) is 0.358. The Morgan fingerprint density at radius 3 is 2.61 bits per heavy atom. The van der Waals surface area contributed by atoms with Crippen LogP contribution in [0.1, 0.15) is 10.4 Å². The second-order valence-electron chi connectivity index (χ2n) is 6.44. The number of para-hydroxylation sites is 2. The van der Waals surface area contributed by atoms with Gasteiger partial charge in [0.05, 0.1) is 22.8 Å². The van der Waals surface area contributed by atoms with Gasteiger partial charge in [-0.15, -0.1) is 0 Å². The lowest BCUT2D eigenvalue weighted by Gasteiger charge is -2.12. The van der Waals surface area contributed by atoms with Crippen molar-refractivity contribution in [3.63, 3.8) is 0 Å². The van der Waals surface area contributed by atoms with Gasteiger partial charge in [0.15, 0.2) is 10.7 Å². The second-order valence-corrected chi connectivity index (χ2v) is 7.66. The number of ether oxygens (including phenoxy) is 1. The van der Waals surface area contributed by atoms with Gasteiger partial charge in [0.25, 0.3) is 5.91 Å². The molecule has 0 aliphatic rings. The lowest BCUT2D eigenvalue weighted by molar-refractivity contribution is 0.0977. The Kier molecular flexibility index (Phi) is 6.08. The number of aromatic nitrogens is 1. The number of rotatable bonds is 4. The molecule has 6 nitrogen and oxygen atoms in total. The first-order chi connectivity index (χ1) is 14.9. The first-order valence-corrected chi connectivity index (χ1v) is 10.2. The largest absolute Gasteiger partial charge is 0.495 e. The number of nitrogens with zero attached hydrogens (tertiary/aromatic N) is 1. The van der Waals surface area contributed by atoms with Gasteiger partial charge in [-0.2, -0.15) is 0 Å². The van der Waals surface area contributed by atoms with Gasteiger partial charge in [-0.05, 0) is 60.7 Å². The summed E-state index contributed by atoms with van der Waals surface area (Å²) in [7, 11) is 1.50. The van der Waals surface area contributed by atoms with E-state index >= 15 is 0 Å². The number of hydrogen-bond donors (Lipinski definition) is 2. The fourth-order valence-electron chi connectivity index (χ4n) is 2.89. The number of hydrogen-bond acceptors (Lipinski definition) is 5. The van der Waals surface area contributed by atoms with E-state index < -0.39 is 5.91 Å². The number of thiocarbonyl (C=S) groups is 1. The molecule has 4 rings (SSSR count). The van der Waals surface area contributed by atoms with Gasteiger partial charge >= 0.3 is 0 Å². The fraction of sp³-hybridized carbons (Fsp3) is 0.0455. The molecule has 3 aromatic carbocycles. The van der Waals surface area contributed by atoms with E-state index in [1.807, 2.05) is 24.3 Å². The van der Waals surface area contributed by atoms with Crippen LogP contribution in [0.15, 0.2) is 65.1 Å². The van der Waals surface area contributed by atoms with E-state index in [2.05, 4.69) is 15.6 Å². The number of fused-ring (bicyclic) bond motifs is 1. The van der Waals surface area contributed by atoms with Crippen molar-refractivity contribution in [1.82, 2.24) is 10.3 Å². The SMILES string of the molecule is COc1ccc(C(=O)NC(=S)Nc2cc(-c3nc4ccccc4o3)ccc2Cl)cc1Cl. The Balaban J connectivity index is 1.50. The lowest BCUT2D eigenvalue weighted by Crippen LogP contribution is -2.34. The third kappa shape index (κ3) is 4.64. The predicted octanol–water partition coefficient (Wildman–Crippen LogP) is 5.94. The van der Waals surface area contributed by atoms with Crippen LogP contribution in [0.5, 0.6) is 5.75 Å². The Morgan fingerprint density at radius 2 is 1.87 bits per heavy atom. The lowest BCUT2D eigenvalue weighted by atomic mass is 10.2. The third-order valence-electron chi connectivity index (χ3n) is 4.40.